The lowest BCUT2D eigenvalue weighted by Gasteiger charge is -2.20. The zero-order chi connectivity index (χ0) is 11.7. The number of carbonyl (C=O) groups excluding carboxylic acids is 2. The second-order valence-electron chi connectivity index (χ2n) is 3.29. The summed E-state index contributed by atoms with van der Waals surface area (Å²) in [5, 5.41) is 0. The Morgan fingerprint density at radius 3 is 2.27 bits per heavy atom. The van der Waals surface area contributed by atoms with Crippen molar-refractivity contribution < 1.29 is 14.3 Å². The molecule has 0 atom stereocenters. The molecule has 4 heteroatoms. The first-order chi connectivity index (χ1) is 7.15. The van der Waals surface area contributed by atoms with E-state index in [0.717, 1.165) is 6.42 Å². The summed E-state index contributed by atoms with van der Waals surface area (Å²) in [6.07, 6.45) is 1.69. The number of carbonyl (C=O) groups is 2. The number of ether oxygens (including phenoxy) is 1. The van der Waals surface area contributed by atoms with Crippen LogP contribution in [0.3, 0.4) is 0 Å². The van der Waals surface area contributed by atoms with Crippen molar-refractivity contribution in [3.05, 3.63) is 0 Å². The third kappa shape index (κ3) is 6.10. The van der Waals surface area contributed by atoms with E-state index in [4.69, 9.17) is 4.74 Å². The largest absolute Gasteiger partial charge is 0.466 e. The molecule has 0 saturated carbocycles. The van der Waals surface area contributed by atoms with E-state index >= 15 is 0 Å². The summed E-state index contributed by atoms with van der Waals surface area (Å²) in [6.45, 7) is 7.20. The molecule has 0 aromatic heterocycles. The van der Waals surface area contributed by atoms with E-state index in [0.29, 0.717) is 32.5 Å². The van der Waals surface area contributed by atoms with Gasteiger partial charge in [0, 0.05) is 19.5 Å². The van der Waals surface area contributed by atoms with Gasteiger partial charge in [-0.25, -0.2) is 0 Å². The second kappa shape index (κ2) is 8.26. The summed E-state index contributed by atoms with van der Waals surface area (Å²) in [4.78, 5) is 24.3. The van der Waals surface area contributed by atoms with Crippen molar-refractivity contribution in [1.82, 2.24) is 4.90 Å². The fourth-order valence-electron chi connectivity index (χ4n) is 1.31. The fraction of sp³-hybridized carbons (Fsp3) is 0.818. The van der Waals surface area contributed by atoms with Crippen LogP contribution in [0.2, 0.25) is 0 Å². The molecule has 0 saturated heterocycles. The monoisotopic (exact) mass is 215 g/mol. The van der Waals surface area contributed by atoms with Gasteiger partial charge in [-0.15, -0.1) is 0 Å². The summed E-state index contributed by atoms with van der Waals surface area (Å²) in [7, 11) is 0. The highest BCUT2D eigenvalue weighted by Crippen LogP contribution is 1.99. The van der Waals surface area contributed by atoms with Gasteiger partial charge in [-0.3, -0.25) is 9.59 Å². The lowest BCUT2D eigenvalue weighted by Crippen LogP contribution is -2.33. The van der Waals surface area contributed by atoms with Crippen molar-refractivity contribution in [3.63, 3.8) is 0 Å². The van der Waals surface area contributed by atoms with Gasteiger partial charge in [0.05, 0.1) is 13.0 Å². The molecular formula is C11H21NO3. The van der Waals surface area contributed by atoms with Crippen molar-refractivity contribution in [2.75, 3.05) is 19.7 Å². The quantitative estimate of drug-likeness (QED) is 0.606. The summed E-state index contributed by atoms with van der Waals surface area (Å²) >= 11 is 0. The van der Waals surface area contributed by atoms with Gasteiger partial charge in [0.1, 0.15) is 0 Å². The summed E-state index contributed by atoms with van der Waals surface area (Å²) < 4.78 is 4.81. The Balaban J connectivity index is 3.95. The Morgan fingerprint density at radius 2 is 1.80 bits per heavy atom. The second-order valence-corrected chi connectivity index (χ2v) is 3.29. The topological polar surface area (TPSA) is 46.6 Å². The number of esters is 1. The van der Waals surface area contributed by atoms with Gasteiger partial charge in [-0.2, -0.15) is 0 Å². The van der Waals surface area contributed by atoms with Crippen LogP contribution in [-0.2, 0) is 14.3 Å². The Kier molecular flexibility index (Phi) is 7.68. The lowest BCUT2D eigenvalue weighted by molar-refractivity contribution is -0.144. The van der Waals surface area contributed by atoms with Crippen molar-refractivity contribution in [1.29, 1.82) is 0 Å². The highest BCUT2D eigenvalue weighted by molar-refractivity contribution is 5.77. The van der Waals surface area contributed by atoms with Crippen LogP contribution in [0.1, 0.15) is 40.0 Å². The molecule has 0 N–H and O–H groups in total. The highest BCUT2D eigenvalue weighted by Gasteiger charge is 2.12. The molecule has 88 valence electrons. The molecule has 0 fully saturated rings. The lowest BCUT2D eigenvalue weighted by atomic mass is 10.3. The molecule has 0 aliphatic carbocycles. The van der Waals surface area contributed by atoms with Gasteiger partial charge in [-0.05, 0) is 13.3 Å². The van der Waals surface area contributed by atoms with Crippen LogP contribution in [0.25, 0.3) is 0 Å². The Bertz CT molecular complexity index is 204. The van der Waals surface area contributed by atoms with E-state index in [-0.39, 0.29) is 11.9 Å². The molecule has 4 nitrogen and oxygen atoms in total. The first-order valence-corrected chi connectivity index (χ1v) is 5.59. The molecular weight excluding hydrogens is 194 g/mol. The Morgan fingerprint density at radius 1 is 1.13 bits per heavy atom. The maximum absolute atomic E-state index is 11.4. The Hall–Kier alpha value is -1.06. The SMILES string of the molecule is CCCN(CCC(=O)OCC)C(=O)CC. The van der Waals surface area contributed by atoms with Gasteiger partial charge in [0.25, 0.3) is 0 Å². The van der Waals surface area contributed by atoms with Gasteiger partial charge in [-0.1, -0.05) is 13.8 Å². The molecule has 0 aromatic rings. The third-order valence-corrected chi connectivity index (χ3v) is 2.04. The number of rotatable bonds is 7. The van der Waals surface area contributed by atoms with Gasteiger partial charge < -0.3 is 9.64 Å². The molecule has 0 radical (unpaired) electrons. The molecule has 0 heterocycles. The van der Waals surface area contributed by atoms with Crippen molar-refractivity contribution in [3.8, 4) is 0 Å². The van der Waals surface area contributed by atoms with E-state index in [9.17, 15) is 9.59 Å². The fourth-order valence-corrected chi connectivity index (χ4v) is 1.31. The average Bonchev–Trinajstić information content (AvgIpc) is 2.23. The molecule has 0 aliphatic rings. The molecule has 0 aromatic carbocycles. The minimum atomic E-state index is -0.234. The maximum Gasteiger partial charge on any atom is 0.307 e. The predicted octanol–water partition coefficient (Wildman–Crippen LogP) is 1.59. The first kappa shape index (κ1) is 13.9. The van der Waals surface area contributed by atoms with Gasteiger partial charge in [0.2, 0.25) is 5.91 Å². The molecule has 0 bridgehead atoms. The molecule has 15 heavy (non-hydrogen) atoms. The number of hydrogen-bond donors (Lipinski definition) is 0. The summed E-state index contributed by atoms with van der Waals surface area (Å²) in [6, 6.07) is 0. The van der Waals surface area contributed by atoms with Crippen LogP contribution in [0.4, 0.5) is 0 Å². The van der Waals surface area contributed by atoms with Crippen LogP contribution < -0.4 is 0 Å². The van der Waals surface area contributed by atoms with E-state index in [1.165, 1.54) is 0 Å². The minimum Gasteiger partial charge on any atom is -0.466 e. The van der Waals surface area contributed by atoms with Crippen LogP contribution in [0.15, 0.2) is 0 Å². The standard InChI is InChI=1S/C11H21NO3/c1-4-8-12(10(13)5-2)9-7-11(14)15-6-3/h4-9H2,1-3H3. The van der Waals surface area contributed by atoms with Crippen molar-refractivity contribution in [2.24, 2.45) is 0 Å². The highest BCUT2D eigenvalue weighted by atomic mass is 16.5. The number of amides is 1. The van der Waals surface area contributed by atoms with E-state index in [2.05, 4.69) is 0 Å². The predicted molar refractivity (Wildman–Crippen MR) is 58.4 cm³/mol. The zero-order valence-corrected chi connectivity index (χ0v) is 9.91. The molecule has 1 amide bonds. The molecule has 0 aliphatic heterocycles. The molecule has 0 spiro atoms. The third-order valence-electron chi connectivity index (χ3n) is 2.04. The van der Waals surface area contributed by atoms with E-state index < -0.39 is 0 Å². The van der Waals surface area contributed by atoms with Gasteiger partial charge in [0.15, 0.2) is 0 Å². The smallest absolute Gasteiger partial charge is 0.307 e. The summed E-state index contributed by atoms with van der Waals surface area (Å²) in [5.41, 5.74) is 0. The normalized spacial score (nSPS) is 9.80. The Labute approximate surface area is 91.6 Å². The van der Waals surface area contributed by atoms with Crippen LogP contribution in [-0.4, -0.2) is 36.5 Å². The number of nitrogens with zero attached hydrogens (tertiary/aromatic N) is 1. The number of hydrogen-bond acceptors (Lipinski definition) is 3. The maximum atomic E-state index is 11.4. The van der Waals surface area contributed by atoms with Gasteiger partial charge >= 0.3 is 5.97 Å². The molecule has 0 rings (SSSR count). The zero-order valence-electron chi connectivity index (χ0n) is 9.91. The van der Waals surface area contributed by atoms with Crippen LogP contribution >= 0.6 is 0 Å². The van der Waals surface area contributed by atoms with Crippen molar-refractivity contribution >= 4 is 11.9 Å². The van der Waals surface area contributed by atoms with E-state index in [1.807, 2.05) is 13.8 Å². The average molecular weight is 215 g/mol. The first-order valence-electron chi connectivity index (χ1n) is 5.59. The molecule has 0 unspecified atom stereocenters. The van der Waals surface area contributed by atoms with Crippen LogP contribution in [0.5, 0.6) is 0 Å². The van der Waals surface area contributed by atoms with E-state index in [1.54, 1.807) is 11.8 Å². The minimum absolute atomic E-state index is 0.0983. The van der Waals surface area contributed by atoms with Crippen molar-refractivity contribution in [2.45, 2.75) is 40.0 Å². The summed E-state index contributed by atoms with van der Waals surface area (Å²) in [5.74, 6) is -0.136. The van der Waals surface area contributed by atoms with Crippen LogP contribution in [0, 0.1) is 0 Å².